The van der Waals surface area contributed by atoms with Gasteiger partial charge in [-0.25, -0.2) is 0 Å². The van der Waals surface area contributed by atoms with Crippen LogP contribution in [0.25, 0.3) is 0 Å². The summed E-state index contributed by atoms with van der Waals surface area (Å²) in [6.45, 7) is 1.77. The fourth-order valence-electron chi connectivity index (χ4n) is 2.39. The number of ether oxygens (including phenoxy) is 2. The molecule has 1 aliphatic rings. The van der Waals surface area contributed by atoms with Gasteiger partial charge in [0.15, 0.2) is 16.9 Å². The van der Waals surface area contributed by atoms with E-state index in [-0.39, 0.29) is 24.5 Å². The Morgan fingerprint density at radius 2 is 2.15 bits per heavy atom. The maximum Gasteiger partial charge on any atom is 0.324 e. The van der Waals surface area contributed by atoms with E-state index < -0.39 is 23.3 Å². The van der Waals surface area contributed by atoms with Crippen LogP contribution in [0.4, 0.5) is 0 Å². The quantitative estimate of drug-likeness (QED) is 0.627. The molecular weight excluding hydrogens is 264 g/mol. The Morgan fingerprint density at radius 1 is 1.45 bits per heavy atom. The van der Waals surface area contributed by atoms with Gasteiger partial charge in [-0.05, 0) is 31.0 Å². The first-order valence-electron chi connectivity index (χ1n) is 6.24. The Kier molecular flexibility index (Phi) is 3.57. The fourth-order valence-corrected chi connectivity index (χ4v) is 2.39. The number of aromatic hydroxyl groups is 1. The second-order valence-electron chi connectivity index (χ2n) is 4.68. The van der Waals surface area contributed by atoms with E-state index in [1.165, 1.54) is 13.2 Å². The zero-order valence-electron chi connectivity index (χ0n) is 11.3. The number of phenolic OH excluding ortho intramolecular Hbond substituents is 1. The largest absolute Gasteiger partial charge is 0.504 e. The second kappa shape index (κ2) is 5.03. The molecule has 1 aliphatic carbocycles. The molecule has 0 amide bonds. The summed E-state index contributed by atoms with van der Waals surface area (Å²) in [5.41, 5.74) is -0.882. The zero-order chi connectivity index (χ0) is 14.9. The Balaban J connectivity index is 2.31. The van der Waals surface area contributed by atoms with E-state index in [1.54, 1.807) is 19.1 Å². The Labute approximate surface area is 115 Å². The van der Waals surface area contributed by atoms with Gasteiger partial charge >= 0.3 is 11.9 Å². The van der Waals surface area contributed by atoms with Crippen molar-refractivity contribution in [3.05, 3.63) is 23.8 Å². The van der Waals surface area contributed by atoms with Gasteiger partial charge in [-0.1, -0.05) is 6.07 Å². The highest BCUT2D eigenvalue weighted by atomic mass is 16.5. The minimum atomic E-state index is -1.52. The van der Waals surface area contributed by atoms with E-state index in [1.807, 2.05) is 0 Å². The van der Waals surface area contributed by atoms with E-state index in [4.69, 9.17) is 9.47 Å². The number of hydrogen-bond acceptors (Lipinski definition) is 5. The predicted octanol–water partition coefficient (Wildman–Crippen LogP) is 1.52. The first kappa shape index (κ1) is 14.2. The number of phenols is 1. The van der Waals surface area contributed by atoms with E-state index >= 15 is 0 Å². The summed E-state index contributed by atoms with van der Waals surface area (Å²) in [5, 5.41) is 18.9. The number of carbonyl (C=O) groups is 2. The lowest BCUT2D eigenvalue weighted by molar-refractivity contribution is -0.161. The van der Waals surface area contributed by atoms with Crippen LogP contribution < -0.4 is 4.74 Å². The summed E-state index contributed by atoms with van der Waals surface area (Å²) in [6, 6.07) is 4.56. The molecule has 0 spiro atoms. The van der Waals surface area contributed by atoms with Crippen molar-refractivity contribution in [2.24, 2.45) is 5.41 Å². The topological polar surface area (TPSA) is 93.1 Å². The van der Waals surface area contributed by atoms with Crippen molar-refractivity contribution in [1.82, 2.24) is 0 Å². The number of carboxylic acids is 1. The van der Waals surface area contributed by atoms with Crippen LogP contribution in [0.3, 0.4) is 0 Å². The lowest BCUT2D eigenvalue weighted by atomic mass is 9.99. The van der Waals surface area contributed by atoms with Crippen molar-refractivity contribution in [2.45, 2.75) is 19.3 Å². The van der Waals surface area contributed by atoms with E-state index in [0.717, 1.165) is 0 Å². The van der Waals surface area contributed by atoms with Crippen LogP contribution in [0.5, 0.6) is 11.5 Å². The molecule has 2 atom stereocenters. The van der Waals surface area contributed by atoms with Crippen molar-refractivity contribution >= 4 is 11.9 Å². The maximum absolute atomic E-state index is 11.9. The first-order chi connectivity index (χ1) is 9.47. The average molecular weight is 280 g/mol. The summed E-state index contributed by atoms with van der Waals surface area (Å²) in [5.74, 6) is -2.16. The van der Waals surface area contributed by atoms with Crippen LogP contribution in [-0.4, -0.2) is 35.9 Å². The molecule has 0 radical (unpaired) electrons. The van der Waals surface area contributed by atoms with Gasteiger partial charge in [0.25, 0.3) is 0 Å². The molecule has 20 heavy (non-hydrogen) atoms. The third-order valence-electron chi connectivity index (χ3n) is 3.59. The highest BCUT2D eigenvalue weighted by Crippen LogP contribution is 2.60. The SMILES string of the molecule is CCOC(=O)C1(C(=O)O)CC1c1ccc(O)c(OC)c1. The van der Waals surface area contributed by atoms with Crippen molar-refractivity contribution in [1.29, 1.82) is 0 Å². The molecule has 2 N–H and O–H groups in total. The molecular formula is C14H16O6. The molecule has 0 aromatic heterocycles. The van der Waals surface area contributed by atoms with Crippen LogP contribution in [-0.2, 0) is 14.3 Å². The summed E-state index contributed by atoms with van der Waals surface area (Å²) < 4.78 is 9.85. The normalized spacial score (nSPS) is 24.0. The van der Waals surface area contributed by atoms with Gasteiger partial charge in [-0.3, -0.25) is 9.59 Å². The van der Waals surface area contributed by atoms with E-state index in [2.05, 4.69) is 0 Å². The number of carbonyl (C=O) groups excluding carboxylic acids is 1. The van der Waals surface area contributed by atoms with Crippen LogP contribution in [0.1, 0.15) is 24.8 Å². The minimum absolute atomic E-state index is 0.0334. The van der Waals surface area contributed by atoms with Gasteiger partial charge in [-0.2, -0.15) is 0 Å². The van der Waals surface area contributed by atoms with Gasteiger partial charge in [0.1, 0.15) is 0 Å². The minimum Gasteiger partial charge on any atom is -0.504 e. The molecule has 2 rings (SSSR count). The monoisotopic (exact) mass is 280 g/mol. The molecule has 1 aromatic rings. The summed E-state index contributed by atoms with van der Waals surface area (Å²) in [4.78, 5) is 23.3. The maximum atomic E-state index is 11.9. The number of esters is 1. The highest BCUT2D eigenvalue weighted by Gasteiger charge is 2.68. The van der Waals surface area contributed by atoms with Crippen LogP contribution in [0.2, 0.25) is 0 Å². The van der Waals surface area contributed by atoms with Gasteiger partial charge in [0, 0.05) is 5.92 Å². The second-order valence-corrected chi connectivity index (χ2v) is 4.68. The number of hydrogen-bond donors (Lipinski definition) is 2. The molecule has 6 nitrogen and oxygen atoms in total. The average Bonchev–Trinajstić information content (AvgIpc) is 3.16. The Hall–Kier alpha value is -2.24. The molecule has 6 heteroatoms. The lowest BCUT2D eigenvalue weighted by Crippen LogP contribution is -2.29. The number of rotatable bonds is 5. The van der Waals surface area contributed by atoms with Gasteiger partial charge < -0.3 is 19.7 Å². The van der Waals surface area contributed by atoms with Crippen molar-refractivity contribution in [3.8, 4) is 11.5 Å². The van der Waals surface area contributed by atoms with Gasteiger partial charge in [0.2, 0.25) is 0 Å². The smallest absolute Gasteiger partial charge is 0.324 e. The van der Waals surface area contributed by atoms with Gasteiger partial charge in [-0.15, -0.1) is 0 Å². The molecule has 108 valence electrons. The lowest BCUT2D eigenvalue weighted by Gasteiger charge is -2.12. The van der Waals surface area contributed by atoms with E-state index in [0.29, 0.717) is 5.56 Å². The van der Waals surface area contributed by atoms with Crippen molar-refractivity contribution in [3.63, 3.8) is 0 Å². The molecule has 2 unspecified atom stereocenters. The third-order valence-corrected chi connectivity index (χ3v) is 3.59. The molecule has 0 bridgehead atoms. The number of carboxylic acid groups (broad SMARTS) is 1. The third kappa shape index (κ3) is 2.07. The molecule has 0 heterocycles. The fraction of sp³-hybridized carbons (Fsp3) is 0.429. The number of benzene rings is 1. The zero-order valence-corrected chi connectivity index (χ0v) is 11.3. The van der Waals surface area contributed by atoms with Crippen molar-refractivity contribution in [2.75, 3.05) is 13.7 Å². The van der Waals surface area contributed by atoms with Crippen molar-refractivity contribution < 1.29 is 29.3 Å². The first-order valence-corrected chi connectivity index (χ1v) is 6.24. The van der Waals surface area contributed by atoms with Crippen LogP contribution >= 0.6 is 0 Å². The summed E-state index contributed by atoms with van der Waals surface area (Å²) in [6.07, 6.45) is 0.190. The molecule has 1 aromatic carbocycles. The van der Waals surface area contributed by atoms with Gasteiger partial charge in [0.05, 0.1) is 13.7 Å². The summed E-state index contributed by atoms with van der Waals surface area (Å²) in [7, 11) is 1.40. The summed E-state index contributed by atoms with van der Waals surface area (Å²) >= 11 is 0. The standard InChI is InChI=1S/C14H16O6/c1-3-20-13(18)14(12(16)17)7-9(14)8-4-5-10(15)11(6-8)19-2/h4-6,9,15H,3,7H2,1-2H3,(H,16,17). The van der Waals surface area contributed by atoms with Crippen LogP contribution in [0.15, 0.2) is 18.2 Å². The number of methoxy groups -OCH3 is 1. The molecule has 0 aliphatic heterocycles. The Morgan fingerprint density at radius 3 is 2.70 bits per heavy atom. The number of aliphatic carboxylic acids is 1. The van der Waals surface area contributed by atoms with Crippen LogP contribution in [0, 0.1) is 5.41 Å². The Bertz CT molecular complexity index is 553. The molecule has 0 saturated heterocycles. The molecule has 1 saturated carbocycles. The molecule has 1 fully saturated rings. The predicted molar refractivity (Wildman–Crippen MR) is 68.7 cm³/mol. The highest BCUT2D eigenvalue weighted by molar-refractivity contribution is 6.04. The van der Waals surface area contributed by atoms with E-state index in [9.17, 15) is 19.8 Å².